The Balaban J connectivity index is 2.89. The Morgan fingerprint density at radius 3 is 2.92 bits per heavy atom. The summed E-state index contributed by atoms with van der Waals surface area (Å²) in [5.41, 5.74) is 2.27. The van der Waals surface area contributed by atoms with Gasteiger partial charge in [-0.05, 0) is 24.6 Å². The van der Waals surface area contributed by atoms with E-state index in [4.69, 9.17) is 16.3 Å². The van der Waals surface area contributed by atoms with E-state index in [9.17, 15) is 0 Å². The van der Waals surface area contributed by atoms with Crippen LogP contribution in [0.1, 0.15) is 12.5 Å². The topological polar surface area (TPSA) is 9.23 Å². The summed E-state index contributed by atoms with van der Waals surface area (Å²) in [5, 5.41) is 0. The van der Waals surface area contributed by atoms with Crippen LogP contribution in [0, 0.1) is 0 Å². The molecule has 1 aromatic carbocycles. The Labute approximate surface area is 84.0 Å². The average molecular weight is 197 g/mol. The maximum absolute atomic E-state index is 5.68. The van der Waals surface area contributed by atoms with Crippen LogP contribution < -0.4 is 4.74 Å². The molecule has 1 nitrogen and oxygen atoms in total. The summed E-state index contributed by atoms with van der Waals surface area (Å²) >= 11 is 5.68. The largest absolute Gasteiger partial charge is 0.497 e. The van der Waals surface area contributed by atoms with E-state index in [0.29, 0.717) is 5.88 Å². The summed E-state index contributed by atoms with van der Waals surface area (Å²) < 4.78 is 5.11. The van der Waals surface area contributed by atoms with Crippen molar-refractivity contribution in [2.75, 3.05) is 13.0 Å². The molecule has 1 rings (SSSR count). The van der Waals surface area contributed by atoms with Crippen LogP contribution in [-0.2, 0) is 0 Å². The van der Waals surface area contributed by atoms with Gasteiger partial charge in [0, 0.05) is 5.88 Å². The summed E-state index contributed by atoms with van der Waals surface area (Å²) in [6, 6.07) is 7.90. The molecule has 0 spiro atoms. The van der Waals surface area contributed by atoms with Crippen molar-refractivity contribution < 1.29 is 4.74 Å². The molecule has 0 saturated carbocycles. The molecule has 0 fully saturated rings. The number of hydrogen-bond acceptors (Lipinski definition) is 1. The monoisotopic (exact) mass is 196 g/mol. The number of halogens is 1. The zero-order valence-electron chi connectivity index (χ0n) is 7.88. The molecule has 0 amide bonds. The van der Waals surface area contributed by atoms with Gasteiger partial charge < -0.3 is 4.74 Å². The first-order valence-corrected chi connectivity index (χ1v) is 4.67. The zero-order valence-corrected chi connectivity index (χ0v) is 8.64. The highest BCUT2D eigenvalue weighted by Crippen LogP contribution is 2.15. The van der Waals surface area contributed by atoms with Crippen molar-refractivity contribution in [3.63, 3.8) is 0 Å². The van der Waals surface area contributed by atoms with Crippen LogP contribution in [0.15, 0.2) is 29.8 Å². The molecule has 0 atom stereocenters. The molecule has 0 aliphatic carbocycles. The van der Waals surface area contributed by atoms with Gasteiger partial charge in [-0.3, -0.25) is 0 Å². The molecule has 0 N–H and O–H groups in total. The maximum Gasteiger partial charge on any atom is 0.119 e. The SMILES string of the molecule is COc1cccc(C=C(C)CCl)c1. The number of allylic oxidation sites excluding steroid dienone is 1. The molecule has 0 saturated heterocycles. The Morgan fingerprint density at radius 2 is 2.31 bits per heavy atom. The van der Waals surface area contributed by atoms with Gasteiger partial charge >= 0.3 is 0 Å². The normalized spacial score (nSPS) is 11.5. The lowest BCUT2D eigenvalue weighted by Crippen LogP contribution is -1.83. The molecular formula is C11H13ClO. The van der Waals surface area contributed by atoms with Gasteiger partial charge in [0.15, 0.2) is 0 Å². The van der Waals surface area contributed by atoms with Gasteiger partial charge in [0.1, 0.15) is 5.75 Å². The van der Waals surface area contributed by atoms with E-state index in [1.54, 1.807) is 7.11 Å². The lowest BCUT2D eigenvalue weighted by atomic mass is 10.1. The van der Waals surface area contributed by atoms with Crippen molar-refractivity contribution in [1.29, 1.82) is 0 Å². The molecule has 0 radical (unpaired) electrons. The minimum atomic E-state index is 0.567. The van der Waals surface area contributed by atoms with Crippen LogP contribution in [0.25, 0.3) is 6.08 Å². The van der Waals surface area contributed by atoms with E-state index >= 15 is 0 Å². The summed E-state index contributed by atoms with van der Waals surface area (Å²) in [7, 11) is 1.66. The Morgan fingerprint density at radius 1 is 1.54 bits per heavy atom. The van der Waals surface area contributed by atoms with Gasteiger partial charge in [-0.15, -0.1) is 11.6 Å². The van der Waals surface area contributed by atoms with Crippen molar-refractivity contribution in [2.45, 2.75) is 6.92 Å². The van der Waals surface area contributed by atoms with Crippen molar-refractivity contribution in [3.8, 4) is 5.75 Å². The Kier molecular flexibility index (Phi) is 3.84. The second kappa shape index (κ2) is 4.93. The molecule has 1 aromatic rings. The Bertz CT molecular complexity index is 305. The minimum Gasteiger partial charge on any atom is -0.497 e. The number of hydrogen-bond donors (Lipinski definition) is 0. The number of ether oxygens (including phenoxy) is 1. The highest BCUT2D eigenvalue weighted by Gasteiger charge is 1.92. The van der Waals surface area contributed by atoms with Gasteiger partial charge in [0.2, 0.25) is 0 Å². The van der Waals surface area contributed by atoms with E-state index in [1.165, 1.54) is 0 Å². The molecule has 0 aliphatic heterocycles. The summed E-state index contributed by atoms with van der Waals surface area (Å²) in [4.78, 5) is 0. The minimum absolute atomic E-state index is 0.567. The van der Waals surface area contributed by atoms with Gasteiger partial charge in [0.05, 0.1) is 7.11 Å². The molecule has 0 unspecified atom stereocenters. The van der Waals surface area contributed by atoms with E-state index in [1.807, 2.05) is 31.2 Å². The van der Waals surface area contributed by atoms with Crippen molar-refractivity contribution >= 4 is 17.7 Å². The van der Waals surface area contributed by atoms with Crippen LogP contribution in [-0.4, -0.2) is 13.0 Å². The van der Waals surface area contributed by atoms with Crippen LogP contribution in [0.3, 0.4) is 0 Å². The molecule has 0 heterocycles. The lowest BCUT2D eigenvalue weighted by Gasteiger charge is -2.01. The van der Waals surface area contributed by atoms with Gasteiger partial charge in [-0.2, -0.15) is 0 Å². The van der Waals surface area contributed by atoms with Crippen LogP contribution in [0.5, 0.6) is 5.75 Å². The third-order valence-corrected chi connectivity index (χ3v) is 2.14. The third kappa shape index (κ3) is 3.11. The second-order valence-electron chi connectivity index (χ2n) is 2.90. The van der Waals surface area contributed by atoms with Gasteiger partial charge in [-0.1, -0.05) is 23.8 Å². The molecule has 0 bridgehead atoms. The fourth-order valence-corrected chi connectivity index (χ4v) is 1.13. The highest BCUT2D eigenvalue weighted by atomic mass is 35.5. The second-order valence-corrected chi connectivity index (χ2v) is 3.17. The van der Waals surface area contributed by atoms with Crippen molar-refractivity contribution in [2.24, 2.45) is 0 Å². The quantitative estimate of drug-likeness (QED) is 0.674. The fourth-order valence-electron chi connectivity index (χ4n) is 1.05. The zero-order chi connectivity index (χ0) is 9.68. The van der Waals surface area contributed by atoms with Crippen LogP contribution in [0.4, 0.5) is 0 Å². The summed E-state index contributed by atoms with van der Waals surface area (Å²) in [6.45, 7) is 2.01. The van der Waals surface area contributed by atoms with Crippen molar-refractivity contribution in [3.05, 3.63) is 35.4 Å². The lowest BCUT2D eigenvalue weighted by molar-refractivity contribution is 0.414. The standard InChI is InChI=1S/C11H13ClO/c1-9(8-12)6-10-4-3-5-11(7-10)13-2/h3-7H,8H2,1-2H3. The molecule has 0 aromatic heterocycles. The smallest absolute Gasteiger partial charge is 0.119 e. The van der Waals surface area contributed by atoms with Gasteiger partial charge in [0.25, 0.3) is 0 Å². The summed E-state index contributed by atoms with van der Waals surface area (Å²) in [5.74, 6) is 1.44. The predicted molar refractivity (Wildman–Crippen MR) is 57.4 cm³/mol. The highest BCUT2D eigenvalue weighted by molar-refractivity contribution is 6.19. The first-order chi connectivity index (χ1) is 6.26. The molecular weight excluding hydrogens is 184 g/mol. The Hall–Kier alpha value is -0.950. The van der Waals surface area contributed by atoms with E-state index in [0.717, 1.165) is 16.9 Å². The van der Waals surface area contributed by atoms with Crippen LogP contribution in [0.2, 0.25) is 0 Å². The van der Waals surface area contributed by atoms with E-state index < -0.39 is 0 Å². The van der Waals surface area contributed by atoms with E-state index in [-0.39, 0.29) is 0 Å². The number of alkyl halides is 1. The number of benzene rings is 1. The molecule has 70 valence electrons. The predicted octanol–water partition coefficient (Wildman–Crippen LogP) is 3.34. The molecule has 0 aliphatic rings. The number of rotatable bonds is 3. The fraction of sp³-hybridized carbons (Fsp3) is 0.273. The van der Waals surface area contributed by atoms with E-state index in [2.05, 4.69) is 6.08 Å². The van der Waals surface area contributed by atoms with Crippen LogP contribution >= 0.6 is 11.6 Å². The van der Waals surface area contributed by atoms with Gasteiger partial charge in [-0.25, -0.2) is 0 Å². The maximum atomic E-state index is 5.68. The first-order valence-electron chi connectivity index (χ1n) is 4.13. The number of methoxy groups -OCH3 is 1. The molecule has 2 heteroatoms. The third-order valence-electron chi connectivity index (χ3n) is 1.72. The first kappa shape index (κ1) is 10.1. The molecule has 13 heavy (non-hydrogen) atoms. The summed E-state index contributed by atoms with van der Waals surface area (Å²) in [6.07, 6.45) is 2.05. The average Bonchev–Trinajstić information content (AvgIpc) is 2.18. The van der Waals surface area contributed by atoms with Crippen molar-refractivity contribution in [1.82, 2.24) is 0 Å².